The summed E-state index contributed by atoms with van der Waals surface area (Å²) >= 11 is 0. The van der Waals surface area contributed by atoms with Gasteiger partial charge in [0.15, 0.2) is 15.7 Å². The summed E-state index contributed by atoms with van der Waals surface area (Å²) in [6.45, 7) is 5.86. The zero-order valence-electron chi connectivity index (χ0n) is 16.9. The molecular weight excluding hydrogens is 409 g/mol. The fourth-order valence-corrected chi connectivity index (χ4v) is 4.32. The molecule has 0 atom stereocenters. The van der Waals surface area contributed by atoms with E-state index in [-0.39, 0.29) is 35.4 Å². The number of hydrogen-bond acceptors (Lipinski definition) is 6. The fraction of sp³-hybridized carbons (Fsp3) is 0.286. The van der Waals surface area contributed by atoms with Crippen molar-refractivity contribution in [2.24, 2.45) is 0 Å². The van der Waals surface area contributed by atoms with Crippen molar-refractivity contribution in [3.63, 3.8) is 0 Å². The molecule has 1 aromatic heterocycles. The number of carbonyl (C=O) groups excluding carboxylic acids is 1. The number of nitrogens with zero attached hydrogens (tertiary/aromatic N) is 2. The first-order valence-corrected chi connectivity index (χ1v) is 11.0. The molecule has 0 fully saturated rings. The smallest absolute Gasteiger partial charge is 0.227 e. The van der Waals surface area contributed by atoms with Crippen molar-refractivity contribution in [2.45, 2.75) is 44.3 Å². The van der Waals surface area contributed by atoms with Gasteiger partial charge in [0.2, 0.25) is 11.8 Å². The summed E-state index contributed by atoms with van der Waals surface area (Å²) in [7, 11) is -3.73. The molecule has 0 aliphatic heterocycles. The van der Waals surface area contributed by atoms with E-state index < -0.39 is 21.4 Å². The Morgan fingerprint density at radius 1 is 1.10 bits per heavy atom. The van der Waals surface area contributed by atoms with Crippen molar-refractivity contribution in [3.8, 4) is 0 Å². The first kappa shape index (κ1) is 21.6. The van der Waals surface area contributed by atoms with E-state index in [1.165, 1.54) is 12.1 Å². The number of sulfone groups is 1. The van der Waals surface area contributed by atoms with Gasteiger partial charge in [0.05, 0.1) is 4.90 Å². The average Bonchev–Trinajstić information content (AvgIpc) is 3.10. The maximum Gasteiger partial charge on any atom is 0.227 e. The highest BCUT2D eigenvalue weighted by Crippen LogP contribution is 2.22. The van der Waals surface area contributed by atoms with Gasteiger partial charge in [0, 0.05) is 18.5 Å². The Balaban J connectivity index is 1.59. The standard InChI is InChI=1S/C21H22FN3O4S/c1-13-10-14(2)21(15(3)11-13)24-19(26)8-9-20-23-18(25-29-20)12-30(27,28)17-6-4-16(22)5-7-17/h4-7,10-11H,8-9,12H2,1-3H3,(H,24,26). The Morgan fingerprint density at radius 3 is 2.37 bits per heavy atom. The predicted octanol–water partition coefficient (Wildman–Crippen LogP) is 3.68. The molecular formula is C21H22FN3O4S. The van der Waals surface area contributed by atoms with E-state index in [4.69, 9.17) is 4.52 Å². The van der Waals surface area contributed by atoms with Gasteiger partial charge < -0.3 is 9.84 Å². The second-order valence-corrected chi connectivity index (χ2v) is 9.13. The van der Waals surface area contributed by atoms with Gasteiger partial charge in [-0.15, -0.1) is 0 Å². The predicted molar refractivity (Wildman–Crippen MR) is 109 cm³/mol. The minimum atomic E-state index is -3.73. The third-order valence-electron chi connectivity index (χ3n) is 4.51. The van der Waals surface area contributed by atoms with Crippen molar-refractivity contribution >= 4 is 21.4 Å². The molecule has 3 rings (SSSR count). The number of hydrogen-bond donors (Lipinski definition) is 1. The van der Waals surface area contributed by atoms with Crippen LogP contribution in [-0.4, -0.2) is 24.5 Å². The van der Waals surface area contributed by atoms with Gasteiger partial charge in [-0.2, -0.15) is 4.98 Å². The van der Waals surface area contributed by atoms with Crippen molar-refractivity contribution in [3.05, 3.63) is 70.6 Å². The maximum absolute atomic E-state index is 13.0. The molecule has 0 spiro atoms. The molecule has 7 nitrogen and oxygen atoms in total. The minimum Gasteiger partial charge on any atom is -0.339 e. The lowest BCUT2D eigenvalue weighted by molar-refractivity contribution is -0.116. The highest BCUT2D eigenvalue weighted by Gasteiger charge is 2.20. The number of nitrogens with one attached hydrogen (secondary N) is 1. The first-order chi connectivity index (χ1) is 14.1. The van der Waals surface area contributed by atoms with Crippen molar-refractivity contribution in [1.82, 2.24) is 10.1 Å². The quantitative estimate of drug-likeness (QED) is 0.573. The third kappa shape index (κ3) is 5.29. The van der Waals surface area contributed by atoms with Crippen LogP contribution >= 0.6 is 0 Å². The monoisotopic (exact) mass is 431 g/mol. The van der Waals surface area contributed by atoms with E-state index in [9.17, 15) is 17.6 Å². The Kier molecular flexibility index (Phi) is 6.31. The highest BCUT2D eigenvalue weighted by atomic mass is 32.2. The molecule has 1 N–H and O–H groups in total. The lowest BCUT2D eigenvalue weighted by Gasteiger charge is -2.12. The second kappa shape index (κ2) is 8.74. The van der Waals surface area contributed by atoms with Crippen LogP contribution in [-0.2, 0) is 26.8 Å². The van der Waals surface area contributed by atoms with Crippen LogP contribution in [0.2, 0.25) is 0 Å². The van der Waals surface area contributed by atoms with Crippen LogP contribution in [0, 0.1) is 26.6 Å². The van der Waals surface area contributed by atoms with Gasteiger partial charge in [-0.25, -0.2) is 12.8 Å². The Bertz CT molecular complexity index is 1150. The van der Waals surface area contributed by atoms with E-state index in [1.54, 1.807) is 0 Å². The minimum absolute atomic E-state index is 0.0139. The molecule has 0 saturated heterocycles. The summed E-state index contributed by atoms with van der Waals surface area (Å²) in [4.78, 5) is 16.3. The molecule has 0 unspecified atom stereocenters. The zero-order chi connectivity index (χ0) is 21.9. The molecule has 30 heavy (non-hydrogen) atoms. The molecule has 158 valence electrons. The highest BCUT2D eigenvalue weighted by molar-refractivity contribution is 7.90. The second-order valence-electron chi connectivity index (χ2n) is 7.14. The normalized spacial score (nSPS) is 11.5. The molecule has 0 radical (unpaired) electrons. The van der Waals surface area contributed by atoms with Crippen LogP contribution in [0.15, 0.2) is 45.8 Å². The Hall–Kier alpha value is -3.07. The van der Waals surface area contributed by atoms with Gasteiger partial charge in [0.25, 0.3) is 0 Å². The van der Waals surface area contributed by atoms with E-state index in [0.717, 1.165) is 34.5 Å². The van der Waals surface area contributed by atoms with E-state index in [0.29, 0.717) is 0 Å². The number of benzene rings is 2. The van der Waals surface area contributed by atoms with Crippen LogP contribution in [0.3, 0.4) is 0 Å². The van der Waals surface area contributed by atoms with Crippen LogP contribution in [0.4, 0.5) is 10.1 Å². The van der Waals surface area contributed by atoms with Gasteiger partial charge in [-0.05, 0) is 56.2 Å². The van der Waals surface area contributed by atoms with E-state index in [2.05, 4.69) is 15.5 Å². The van der Waals surface area contributed by atoms with Crippen molar-refractivity contribution < 1.29 is 22.1 Å². The van der Waals surface area contributed by atoms with Crippen LogP contribution < -0.4 is 5.32 Å². The topological polar surface area (TPSA) is 102 Å². The van der Waals surface area contributed by atoms with Gasteiger partial charge in [-0.1, -0.05) is 22.9 Å². The number of halogens is 1. The average molecular weight is 431 g/mol. The number of rotatable bonds is 7. The van der Waals surface area contributed by atoms with Crippen molar-refractivity contribution in [1.29, 1.82) is 0 Å². The first-order valence-electron chi connectivity index (χ1n) is 9.31. The summed E-state index contributed by atoms with van der Waals surface area (Å²) in [6, 6.07) is 8.51. The summed E-state index contributed by atoms with van der Waals surface area (Å²) in [6.07, 6.45) is 0.290. The number of amides is 1. The molecule has 1 amide bonds. The summed E-state index contributed by atoms with van der Waals surface area (Å²) in [5.74, 6) is -1.04. The van der Waals surface area contributed by atoms with Gasteiger partial charge in [0.1, 0.15) is 11.6 Å². The molecule has 2 aromatic carbocycles. The molecule has 0 aliphatic carbocycles. The SMILES string of the molecule is Cc1cc(C)c(NC(=O)CCc2nc(CS(=O)(=O)c3ccc(F)cc3)no2)c(C)c1. The van der Waals surface area contributed by atoms with Crippen LogP contribution in [0.5, 0.6) is 0 Å². The number of aromatic nitrogens is 2. The molecule has 0 saturated carbocycles. The fourth-order valence-electron chi connectivity index (χ4n) is 3.15. The Morgan fingerprint density at radius 2 is 1.73 bits per heavy atom. The van der Waals surface area contributed by atoms with Crippen molar-refractivity contribution in [2.75, 3.05) is 5.32 Å². The molecule has 0 aliphatic rings. The zero-order valence-corrected chi connectivity index (χ0v) is 17.7. The largest absolute Gasteiger partial charge is 0.339 e. The third-order valence-corrected chi connectivity index (χ3v) is 6.14. The number of aryl methyl sites for hydroxylation is 4. The number of anilines is 1. The van der Waals surface area contributed by atoms with Gasteiger partial charge in [-0.3, -0.25) is 4.79 Å². The molecule has 9 heteroatoms. The summed E-state index contributed by atoms with van der Waals surface area (Å²) in [5.41, 5.74) is 3.86. The molecule has 0 bridgehead atoms. The maximum atomic E-state index is 13.0. The van der Waals surface area contributed by atoms with Crippen LogP contribution in [0.25, 0.3) is 0 Å². The lowest BCUT2D eigenvalue weighted by atomic mass is 10.0. The number of carbonyl (C=O) groups is 1. The summed E-state index contributed by atoms with van der Waals surface area (Å²) in [5, 5.41) is 6.56. The summed E-state index contributed by atoms with van der Waals surface area (Å²) < 4.78 is 42.8. The van der Waals surface area contributed by atoms with Crippen LogP contribution in [0.1, 0.15) is 34.8 Å². The Labute approximate surface area is 174 Å². The van der Waals surface area contributed by atoms with Gasteiger partial charge >= 0.3 is 0 Å². The van der Waals surface area contributed by atoms with E-state index in [1.807, 2.05) is 32.9 Å². The molecule has 3 aromatic rings. The molecule has 1 heterocycles. The lowest BCUT2D eigenvalue weighted by Crippen LogP contribution is -2.14. The van der Waals surface area contributed by atoms with E-state index >= 15 is 0 Å².